The van der Waals surface area contributed by atoms with Crippen molar-refractivity contribution in [2.45, 2.75) is 54.6 Å². The molecule has 0 amide bonds. The molecule has 4 heterocycles. The molecule has 49 heavy (non-hydrogen) atoms. The van der Waals surface area contributed by atoms with Crippen LogP contribution in [0.1, 0.15) is 37.2 Å². The van der Waals surface area contributed by atoms with Gasteiger partial charge in [0.15, 0.2) is 12.2 Å². The minimum absolute atomic E-state index is 0.0514. The topological polar surface area (TPSA) is 99.7 Å². The summed E-state index contributed by atoms with van der Waals surface area (Å²) in [6.45, 7) is 2.68. The van der Waals surface area contributed by atoms with Crippen LogP contribution in [0.25, 0.3) is 0 Å². The molecule has 2 aromatic carbocycles. The van der Waals surface area contributed by atoms with E-state index in [2.05, 4.69) is 21.7 Å². The third kappa shape index (κ3) is 6.98. The number of benzene rings is 2. The van der Waals surface area contributed by atoms with E-state index >= 15 is 0 Å². The zero-order chi connectivity index (χ0) is 34.8. The van der Waals surface area contributed by atoms with Crippen molar-refractivity contribution in [2.24, 2.45) is 0 Å². The van der Waals surface area contributed by atoms with E-state index in [9.17, 15) is 18.6 Å². The fraction of sp³-hybridized carbons (Fsp3) is 0.444. The first-order chi connectivity index (χ1) is 23.6. The number of hydrogen-bond acceptors (Lipinski definition) is 10. The van der Waals surface area contributed by atoms with Gasteiger partial charge >= 0.3 is 11.9 Å². The van der Waals surface area contributed by atoms with Crippen LogP contribution in [-0.2, 0) is 34.7 Å². The number of ether oxygens (including phenoxy) is 2. The molecule has 0 spiro atoms. The summed E-state index contributed by atoms with van der Waals surface area (Å²) in [5, 5.41) is 0.425. The third-order valence-electron chi connectivity index (χ3n) is 10.5. The van der Waals surface area contributed by atoms with Crippen LogP contribution in [0.2, 0.25) is 10.0 Å². The molecule has 4 unspecified atom stereocenters. The predicted molar refractivity (Wildman–Crippen MR) is 188 cm³/mol. The second-order valence-corrected chi connectivity index (χ2v) is 15.1. The number of carbonyl (C=O) groups excluding carboxylic acids is 3. The first-order valence-corrected chi connectivity index (χ1v) is 18.5. The van der Waals surface area contributed by atoms with Crippen LogP contribution in [0.5, 0.6) is 0 Å². The first kappa shape index (κ1) is 35.4. The van der Waals surface area contributed by atoms with E-state index in [1.165, 1.54) is 25.9 Å². The molecular weight excluding hydrogens is 687 g/mol. The maximum absolute atomic E-state index is 14.1. The lowest BCUT2D eigenvalue weighted by Gasteiger charge is -2.48. The zero-order valence-corrected chi connectivity index (χ0v) is 30.1. The molecule has 4 aliphatic rings. The fourth-order valence-corrected chi connectivity index (χ4v) is 9.86. The normalized spacial score (nSPS) is 25.2. The van der Waals surface area contributed by atoms with Gasteiger partial charge in [-0.25, -0.2) is 14.4 Å². The SMILES string of the molecule is COC(=O)C1=C(CS(=O)c2ccccc2)N(C)C(N2CCN(C3CC4CCC(C3)N4C)CC2)=C(C(=O)OC=C=O)C1c1c(Cl)cccc1Cl. The number of carbonyl (C=O) groups is 2. The Hall–Kier alpha value is -3.44. The summed E-state index contributed by atoms with van der Waals surface area (Å²) < 4.78 is 24.5. The van der Waals surface area contributed by atoms with Crippen LogP contribution < -0.4 is 0 Å². The number of fused-ring (bicyclic) bond motifs is 2. The molecule has 3 fully saturated rings. The average Bonchev–Trinajstić information content (AvgIpc) is 3.30. The summed E-state index contributed by atoms with van der Waals surface area (Å²) in [5.74, 6) is -0.890. The van der Waals surface area contributed by atoms with Gasteiger partial charge in [-0.05, 0) is 57.0 Å². The summed E-state index contributed by atoms with van der Waals surface area (Å²) in [6.07, 6.45) is 5.40. The molecule has 10 nitrogen and oxygen atoms in total. The maximum atomic E-state index is 14.1. The Balaban J connectivity index is 1.46. The predicted octanol–water partition coefficient (Wildman–Crippen LogP) is 4.60. The van der Waals surface area contributed by atoms with Gasteiger partial charge in [-0.2, -0.15) is 0 Å². The molecule has 13 heteroatoms. The van der Waals surface area contributed by atoms with Gasteiger partial charge in [-0.3, -0.25) is 9.11 Å². The number of piperidine rings is 1. The first-order valence-electron chi connectivity index (χ1n) is 16.4. The van der Waals surface area contributed by atoms with Crippen molar-refractivity contribution in [3.8, 4) is 0 Å². The highest BCUT2D eigenvalue weighted by molar-refractivity contribution is 7.85. The highest BCUT2D eigenvalue weighted by Gasteiger charge is 2.47. The van der Waals surface area contributed by atoms with Gasteiger partial charge in [0, 0.05) is 77.6 Å². The number of piperazine rings is 1. The van der Waals surface area contributed by atoms with Crippen LogP contribution in [0.4, 0.5) is 0 Å². The van der Waals surface area contributed by atoms with Gasteiger partial charge in [-0.15, -0.1) is 0 Å². The number of nitrogens with zero attached hydrogens (tertiary/aromatic N) is 4. The van der Waals surface area contributed by atoms with Gasteiger partial charge in [0.1, 0.15) is 5.82 Å². The molecule has 260 valence electrons. The molecular formula is C36H40Cl2N4O6S. The van der Waals surface area contributed by atoms with Crippen molar-refractivity contribution in [1.29, 1.82) is 0 Å². The Kier molecular flexibility index (Phi) is 11.0. The molecule has 3 saturated heterocycles. The lowest BCUT2D eigenvalue weighted by atomic mass is 9.80. The van der Waals surface area contributed by atoms with Crippen molar-refractivity contribution in [2.75, 3.05) is 53.1 Å². The monoisotopic (exact) mass is 726 g/mol. The van der Waals surface area contributed by atoms with Gasteiger partial charge < -0.3 is 24.2 Å². The molecule has 0 aliphatic carbocycles. The van der Waals surface area contributed by atoms with Crippen molar-refractivity contribution < 1.29 is 28.1 Å². The van der Waals surface area contributed by atoms with E-state index in [0.717, 1.165) is 25.9 Å². The lowest BCUT2D eigenvalue weighted by molar-refractivity contribution is -0.136. The van der Waals surface area contributed by atoms with Gasteiger partial charge in [-0.1, -0.05) is 47.5 Å². The molecule has 6 rings (SSSR count). The number of rotatable bonds is 9. The molecule has 0 aromatic heterocycles. The Morgan fingerprint density at radius 2 is 1.53 bits per heavy atom. The van der Waals surface area contributed by atoms with Gasteiger partial charge in [0.05, 0.1) is 40.7 Å². The van der Waals surface area contributed by atoms with Crippen LogP contribution in [0.15, 0.2) is 82.4 Å². The Labute approximate surface area is 299 Å². The van der Waals surface area contributed by atoms with Crippen molar-refractivity contribution in [3.05, 3.63) is 93.1 Å². The lowest BCUT2D eigenvalue weighted by Crippen LogP contribution is -2.56. The van der Waals surface area contributed by atoms with E-state index in [1.807, 2.05) is 6.07 Å². The fourth-order valence-electron chi connectivity index (χ4n) is 8.02. The highest BCUT2D eigenvalue weighted by atomic mass is 35.5. The summed E-state index contributed by atoms with van der Waals surface area (Å²) >= 11 is 13.6. The quantitative estimate of drug-likeness (QED) is 0.207. The number of methoxy groups -OCH3 is 1. The Morgan fingerprint density at radius 3 is 2.12 bits per heavy atom. The summed E-state index contributed by atoms with van der Waals surface area (Å²) in [5.41, 5.74) is 0.795. The molecule has 0 saturated carbocycles. The van der Waals surface area contributed by atoms with E-state index in [0.29, 0.717) is 59.5 Å². The number of halogens is 2. The molecule has 4 aliphatic heterocycles. The molecule has 2 aromatic rings. The minimum atomic E-state index is -1.58. The largest absolute Gasteiger partial charge is 0.466 e. The molecule has 0 radical (unpaired) electrons. The van der Waals surface area contributed by atoms with Crippen LogP contribution in [-0.4, -0.2) is 113 Å². The van der Waals surface area contributed by atoms with E-state index < -0.39 is 28.7 Å². The maximum Gasteiger partial charge on any atom is 0.344 e. The van der Waals surface area contributed by atoms with Crippen molar-refractivity contribution in [3.63, 3.8) is 0 Å². The van der Waals surface area contributed by atoms with Crippen LogP contribution >= 0.6 is 23.2 Å². The van der Waals surface area contributed by atoms with E-state index in [-0.39, 0.29) is 26.9 Å². The van der Waals surface area contributed by atoms with Crippen molar-refractivity contribution in [1.82, 2.24) is 19.6 Å². The van der Waals surface area contributed by atoms with Gasteiger partial charge in [0.25, 0.3) is 0 Å². The summed E-state index contributed by atoms with van der Waals surface area (Å²) in [6, 6.07) is 15.6. The smallest absolute Gasteiger partial charge is 0.344 e. The molecule has 4 atom stereocenters. The van der Waals surface area contributed by atoms with Gasteiger partial charge in [0.2, 0.25) is 0 Å². The summed E-state index contributed by atoms with van der Waals surface area (Å²) in [4.78, 5) is 48.7. The van der Waals surface area contributed by atoms with Crippen LogP contribution in [0, 0.1) is 0 Å². The molecule has 2 bridgehead atoms. The third-order valence-corrected chi connectivity index (χ3v) is 12.4. The van der Waals surface area contributed by atoms with E-state index in [1.54, 1.807) is 54.4 Å². The Morgan fingerprint density at radius 1 is 0.898 bits per heavy atom. The second kappa shape index (κ2) is 15.2. The van der Waals surface area contributed by atoms with E-state index in [4.69, 9.17) is 32.7 Å². The number of esters is 2. The standard InChI is InChI=1S/C36H40Cl2N4O6S/c1-39-23-12-13-24(39)21-25(20-23)41-14-16-42(17-15-41)34-33(36(45)48-19-18-43)32(30-27(37)10-7-11-28(30)38)31(35(44)47-3)29(40(34)2)22-49(46)26-8-5-4-6-9-26/h4-11,19,23-25,32H,12-17,20-22H2,1-3H3. The molecule has 0 N–H and O–H groups in total. The highest BCUT2D eigenvalue weighted by Crippen LogP contribution is 2.48. The second-order valence-electron chi connectivity index (χ2n) is 12.9. The number of hydrogen-bond donors (Lipinski definition) is 0. The Bertz CT molecular complexity index is 1700. The zero-order valence-electron chi connectivity index (χ0n) is 27.8. The average molecular weight is 728 g/mol. The summed E-state index contributed by atoms with van der Waals surface area (Å²) in [7, 11) is 3.64. The van der Waals surface area contributed by atoms with Crippen LogP contribution in [0.3, 0.4) is 0 Å². The minimum Gasteiger partial charge on any atom is -0.466 e. The van der Waals surface area contributed by atoms with Crippen molar-refractivity contribution >= 4 is 51.9 Å².